The largest absolute Gasteiger partial charge is 0.493 e. The lowest BCUT2D eigenvalue weighted by atomic mass is 10.1. The molecule has 19 heavy (non-hydrogen) atoms. The van der Waals surface area contributed by atoms with Crippen molar-refractivity contribution < 1.29 is 14.4 Å². The molecule has 0 saturated carbocycles. The summed E-state index contributed by atoms with van der Waals surface area (Å²) in [6, 6.07) is 9.27. The lowest BCUT2D eigenvalue weighted by molar-refractivity contribution is -0.400. The molecule has 0 saturated heterocycles. The zero-order valence-electron chi connectivity index (χ0n) is 10.6. The highest BCUT2D eigenvalue weighted by atomic mass is 16.6. The van der Waals surface area contributed by atoms with Crippen LogP contribution in [0.5, 0.6) is 11.5 Å². The van der Waals surface area contributed by atoms with Gasteiger partial charge in [-0.1, -0.05) is 18.2 Å². The van der Waals surface area contributed by atoms with Gasteiger partial charge >= 0.3 is 0 Å². The van der Waals surface area contributed by atoms with E-state index in [2.05, 4.69) is 0 Å². The Bertz CT molecular complexity index is 649. The predicted molar refractivity (Wildman–Crippen MR) is 73.1 cm³/mol. The van der Waals surface area contributed by atoms with Gasteiger partial charge in [-0.05, 0) is 23.1 Å². The van der Waals surface area contributed by atoms with E-state index in [9.17, 15) is 10.1 Å². The molecule has 0 radical (unpaired) electrons. The molecule has 0 heterocycles. The minimum Gasteiger partial charge on any atom is -0.493 e. The highest BCUT2D eigenvalue weighted by Gasteiger charge is 2.08. The van der Waals surface area contributed by atoms with E-state index in [4.69, 9.17) is 9.47 Å². The Hall–Kier alpha value is -2.56. The van der Waals surface area contributed by atoms with E-state index in [0.717, 1.165) is 22.5 Å². The third-order valence-corrected chi connectivity index (χ3v) is 2.77. The van der Waals surface area contributed by atoms with E-state index in [1.807, 2.05) is 30.3 Å². The summed E-state index contributed by atoms with van der Waals surface area (Å²) in [6.07, 6.45) is 2.35. The number of nitro groups is 1. The van der Waals surface area contributed by atoms with Gasteiger partial charge < -0.3 is 9.47 Å². The smallest absolute Gasteiger partial charge is 0.235 e. The topological polar surface area (TPSA) is 61.6 Å². The molecule has 98 valence electrons. The van der Waals surface area contributed by atoms with Crippen molar-refractivity contribution in [2.24, 2.45) is 0 Å². The molecule has 0 N–H and O–H groups in total. The van der Waals surface area contributed by atoms with Crippen LogP contribution in [0.1, 0.15) is 5.56 Å². The lowest BCUT2D eigenvalue weighted by Crippen LogP contribution is -1.91. The molecule has 0 atom stereocenters. The number of benzene rings is 2. The summed E-state index contributed by atoms with van der Waals surface area (Å²) in [5, 5.41) is 12.2. The summed E-state index contributed by atoms with van der Waals surface area (Å²) in [5.74, 6) is 1.25. The Morgan fingerprint density at radius 2 is 1.89 bits per heavy atom. The van der Waals surface area contributed by atoms with Crippen LogP contribution < -0.4 is 9.47 Å². The Morgan fingerprint density at radius 3 is 2.53 bits per heavy atom. The number of hydrogen-bond donors (Lipinski definition) is 0. The van der Waals surface area contributed by atoms with Gasteiger partial charge in [0.1, 0.15) is 0 Å². The molecule has 0 aliphatic carbocycles. The van der Waals surface area contributed by atoms with Gasteiger partial charge in [-0.3, -0.25) is 10.1 Å². The quantitative estimate of drug-likeness (QED) is 0.625. The highest BCUT2D eigenvalue weighted by Crippen LogP contribution is 2.35. The number of ether oxygens (including phenoxy) is 2. The van der Waals surface area contributed by atoms with E-state index in [0.29, 0.717) is 11.5 Å². The monoisotopic (exact) mass is 259 g/mol. The molecule has 5 heteroatoms. The Morgan fingerprint density at radius 1 is 1.16 bits per heavy atom. The number of hydrogen-bond acceptors (Lipinski definition) is 4. The van der Waals surface area contributed by atoms with Crippen LogP contribution >= 0.6 is 0 Å². The second kappa shape index (κ2) is 5.39. The van der Waals surface area contributed by atoms with Crippen LogP contribution in [0, 0.1) is 10.1 Å². The summed E-state index contributed by atoms with van der Waals surface area (Å²) in [6.45, 7) is 0. The minimum absolute atomic E-state index is 0.493. The van der Waals surface area contributed by atoms with Crippen molar-refractivity contribution in [3.8, 4) is 11.5 Å². The summed E-state index contributed by atoms with van der Waals surface area (Å²) >= 11 is 0. The van der Waals surface area contributed by atoms with Gasteiger partial charge in [0.05, 0.1) is 19.1 Å². The Balaban J connectivity index is 2.59. The standard InChI is InChI=1S/C14H13NO4/c1-18-13-6-5-11-4-3-10(7-8-15(16)17)9-12(11)14(13)19-2/h3-9H,1-2H3/b8-7+. The first-order chi connectivity index (χ1) is 9.15. The van der Waals surface area contributed by atoms with Crippen LogP contribution in [0.4, 0.5) is 0 Å². The fourth-order valence-corrected chi connectivity index (χ4v) is 1.91. The first-order valence-corrected chi connectivity index (χ1v) is 5.62. The Labute approximate surface area is 110 Å². The maximum atomic E-state index is 10.3. The molecule has 0 spiro atoms. The van der Waals surface area contributed by atoms with Crippen molar-refractivity contribution in [3.63, 3.8) is 0 Å². The van der Waals surface area contributed by atoms with Crippen molar-refractivity contribution >= 4 is 16.8 Å². The first-order valence-electron chi connectivity index (χ1n) is 5.62. The normalized spacial score (nSPS) is 10.8. The molecular formula is C14H13NO4. The van der Waals surface area contributed by atoms with Gasteiger partial charge in [-0.25, -0.2) is 0 Å². The molecule has 0 aliphatic heterocycles. The van der Waals surface area contributed by atoms with E-state index >= 15 is 0 Å². The molecule has 0 aromatic heterocycles. The summed E-state index contributed by atoms with van der Waals surface area (Å²) in [7, 11) is 3.14. The zero-order chi connectivity index (χ0) is 13.8. The highest BCUT2D eigenvalue weighted by molar-refractivity contribution is 5.92. The van der Waals surface area contributed by atoms with Gasteiger partial charge in [0, 0.05) is 11.5 Å². The molecule has 0 fully saturated rings. The fraction of sp³-hybridized carbons (Fsp3) is 0.143. The molecule has 2 aromatic rings. The van der Waals surface area contributed by atoms with E-state index in [1.54, 1.807) is 14.2 Å². The van der Waals surface area contributed by atoms with Crippen LogP contribution in [0.15, 0.2) is 36.5 Å². The zero-order valence-corrected chi connectivity index (χ0v) is 10.6. The maximum Gasteiger partial charge on any atom is 0.235 e. The van der Waals surface area contributed by atoms with Gasteiger partial charge in [-0.2, -0.15) is 0 Å². The number of fused-ring (bicyclic) bond motifs is 1. The molecule has 0 aliphatic rings. The van der Waals surface area contributed by atoms with E-state index < -0.39 is 4.92 Å². The second-order valence-corrected chi connectivity index (χ2v) is 3.88. The molecule has 2 aromatic carbocycles. The summed E-state index contributed by atoms with van der Waals surface area (Å²) in [4.78, 5) is 9.84. The molecule has 5 nitrogen and oxygen atoms in total. The fourth-order valence-electron chi connectivity index (χ4n) is 1.91. The van der Waals surface area contributed by atoms with Gasteiger partial charge in [-0.15, -0.1) is 0 Å². The number of rotatable bonds is 4. The average Bonchev–Trinajstić information content (AvgIpc) is 2.43. The minimum atomic E-state index is -0.493. The number of nitrogens with zero attached hydrogens (tertiary/aromatic N) is 1. The van der Waals surface area contributed by atoms with Crippen molar-refractivity contribution in [1.82, 2.24) is 0 Å². The van der Waals surface area contributed by atoms with Crippen molar-refractivity contribution in [2.75, 3.05) is 14.2 Å². The van der Waals surface area contributed by atoms with Crippen LogP contribution in [-0.2, 0) is 0 Å². The summed E-state index contributed by atoms with van der Waals surface area (Å²) in [5.41, 5.74) is 0.732. The lowest BCUT2D eigenvalue weighted by Gasteiger charge is -2.10. The SMILES string of the molecule is COc1ccc2ccc(/C=C/[N+](=O)[O-])cc2c1OC. The molecule has 2 rings (SSSR count). The van der Waals surface area contributed by atoms with Crippen LogP contribution in [-0.4, -0.2) is 19.1 Å². The first kappa shape index (κ1) is 12.9. The Kier molecular flexibility index (Phi) is 3.66. The third-order valence-electron chi connectivity index (χ3n) is 2.77. The molecule has 0 unspecified atom stereocenters. The summed E-state index contributed by atoms with van der Waals surface area (Å²) < 4.78 is 10.6. The molecule has 0 amide bonds. The van der Waals surface area contributed by atoms with Crippen molar-refractivity contribution in [3.05, 3.63) is 52.2 Å². The van der Waals surface area contributed by atoms with Crippen molar-refractivity contribution in [2.45, 2.75) is 0 Å². The van der Waals surface area contributed by atoms with E-state index in [1.165, 1.54) is 6.08 Å². The van der Waals surface area contributed by atoms with Crippen LogP contribution in [0.25, 0.3) is 16.8 Å². The van der Waals surface area contributed by atoms with Gasteiger partial charge in [0.25, 0.3) is 0 Å². The number of methoxy groups -OCH3 is 2. The maximum absolute atomic E-state index is 10.3. The average molecular weight is 259 g/mol. The molecule has 0 bridgehead atoms. The third kappa shape index (κ3) is 2.65. The predicted octanol–water partition coefficient (Wildman–Crippen LogP) is 3.10. The van der Waals surface area contributed by atoms with Crippen molar-refractivity contribution in [1.29, 1.82) is 0 Å². The van der Waals surface area contributed by atoms with Gasteiger partial charge in [0.2, 0.25) is 6.20 Å². The van der Waals surface area contributed by atoms with Crippen LogP contribution in [0.3, 0.4) is 0 Å². The van der Waals surface area contributed by atoms with Crippen LogP contribution in [0.2, 0.25) is 0 Å². The van der Waals surface area contributed by atoms with E-state index in [-0.39, 0.29) is 0 Å². The van der Waals surface area contributed by atoms with Gasteiger partial charge in [0.15, 0.2) is 11.5 Å². The molecular weight excluding hydrogens is 246 g/mol. The second-order valence-electron chi connectivity index (χ2n) is 3.88.